The molecule has 2 nitrogen and oxygen atoms in total. The van der Waals surface area contributed by atoms with Crippen LogP contribution in [0, 0.1) is 0 Å². The molecule has 0 aliphatic heterocycles. The molecule has 13 rings (SSSR count). The summed E-state index contributed by atoms with van der Waals surface area (Å²) in [6.07, 6.45) is 9.55. The molecule has 0 amide bonds. The molecule has 76 heavy (non-hydrogen) atoms. The van der Waals surface area contributed by atoms with Gasteiger partial charge >= 0.3 is 0 Å². The van der Waals surface area contributed by atoms with Crippen LogP contribution in [0.15, 0.2) is 316 Å². The first-order valence-corrected chi connectivity index (χ1v) is 26.2. The molecule has 12 aromatic rings. The van der Waals surface area contributed by atoms with E-state index in [2.05, 4.69) is 313 Å². The van der Waals surface area contributed by atoms with Crippen molar-refractivity contribution in [1.82, 2.24) is 4.57 Å². The number of anilines is 3. The Labute approximate surface area is 445 Å². The fourth-order valence-corrected chi connectivity index (χ4v) is 11.6. The molecule has 1 aliphatic rings. The van der Waals surface area contributed by atoms with Crippen LogP contribution in [0.1, 0.15) is 22.3 Å². The minimum Gasteiger partial charge on any atom is -0.310 e. The number of fused-ring (bicyclic) bond motifs is 4. The van der Waals surface area contributed by atoms with Gasteiger partial charge in [-0.15, -0.1) is 0 Å². The molecule has 1 aromatic heterocycles. The minimum absolute atomic E-state index is 0.635. The summed E-state index contributed by atoms with van der Waals surface area (Å²) in [6.45, 7) is 4.85. The predicted molar refractivity (Wildman–Crippen MR) is 321 cm³/mol. The largest absolute Gasteiger partial charge is 0.310 e. The average molecular weight is 971 g/mol. The second-order valence-electron chi connectivity index (χ2n) is 19.7. The van der Waals surface area contributed by atoms with Crippen molar-refractivity contribution in [2.75, 3.05) is 4.90 Å². The number of para-hydroxylation sites is 2. The molecule has 0 unspecified atom stereocenters. The van der Waals surface area contributed by atoms with Crippen LogP contribution in [-0.4, -0.2) is 4.57 Å². The second kappa shape index (κ2) is 19.9. The Morgan fingerprint density at radius 3 is 1.47 bits per heavy atom. The molecule has 1 heterocycles. The van der Waals surface area contributed by atoms with Gasteiger partial charge in [0.2, 0.25) is 0 Å². The molecule has 0 saturated heterocycles. The number of hydrogen-bond donors (Lipinski definition) is 0. The summed E-state index contributed by atoms with van der Waals surface area (Å²) >= 11 is 0. The number of allylic oxidation sites excluding steroid dienone is 5. The highest BCUT2D eigenvalue weighted by atomic mass is 15.1. The van der Waals surface area contributed by atoms with Gasteiger partial charge in [-0.3, -0.25) is 0 Å². The van der Waals surface area contributed by atoms with Crippen molar-refractivity contribution in [3.05, 3.63) is 338 Å². The van der Waals surface area contributed by atoms with E-state index in [0.717, 1.165) is 62.5 Å². The van der Waals surface area contributed by atoms with Gasteiger partial charge in [0.25, 0.3) is 0 Å². The predicted octanol–water partition coefficient (Wildman–Crippen LogP) is 19.5. The molecule has 0 atom stereocenters. The number of nitrogens with zero attached hydrogens (tertiary/aromatic N) is 2. The maximum absolute atomic E-state index is 4.85. The summed E-state index contributed by atoms with van der Waals surface area (Å²) in [5, 5.41) is 2.45. The zero-order valence-corrected chi connectivity index (χ0v) is 42.2. The molecule has 1 aliphatic carbocycles. The van der Waals surface area contributed by atoms with E-state index in [-0.39, 0.29) is 0 Å². The highest BCUT2D eigenvalue weighted by molar-refractivity contribution is 6.10. The van der Waals surface area contributed by atoms with E-state index >= 15 is 0 Å². The van der Waals surface area contributed by atoms with E-state index in [0.29, 0.717) is 0 Å². The number of hydrogen-bond acceptors (Lipinski definition) is 1. The second-order valence-corrected chi connectivity index (χ2v) is 19.7. The molecule has 0 N–H and O–H groups in total. The molecule has 360 valence electrons. The molecular weight excluding hydrogens is 917 g/mol. The zero-order chi connectivity index (χ0) is 50.8. The van der Waals surface area contributed by atoms with Crippen LogP contribution in [0.2, 0.25) is 0 Å². The van der Waals surface area contributed by atoms with Crippen LogP contribution in [0.25, 0.3) is 72.0 Å². The Morgan fingerprint density at radius 2 is 0.829 bits per heavy atom. The van der Waals surface area contributed by atoms with E-state index in [4.69, 9.17) is 6.58 Å². The van der Waals surface area contributed by atoms with E-state index in [9.17, 15) is 0 Å². The van der Waals surface area contributed by atoms with Crippen molar-refractivity contribution in [2.24, 2.45) is 0 Å². The van der Waals surface area contributed by atoms with E-state index in [1.54, 1.807) is 0 Å². The Hall–Kier alpha value is -9.76. The maximum Gasteiger partial charge on any atom is 0.0699 e. The van der Waals surface area contributed by atoms with Gasteiger partial charge in [0.15, 0.2) is 0 Å². The maximum atomic E-state index is 4.85. The SMILES string of the molecule is C=C1/C=C\C=C/Cc2ccc(-n3c4ccccc4c4ccc(-c5ccc(-c6cccc(N(c7ccccc7)c7ccc(-c8ccc(-c9ccccc9)cc8)cc7)c6)cc5)cc43)cc2C1(c1ccccc1)c1ccccc1. The molecule has 0 radical (unpaired) electrons. The first kappa shape index (κ1) is 46.1. The van der Waals surface area contributed by atoms with Gasteiger partial charge in [-0.1, -0.05) is 249 Å². The summed E-state index contributed by atoms with van der Waals surface area (Å²) in [6, 6.07) is 102. The third kappa shape index (κ3) is 8.37. The van der Waals surface area contributed by atoms with Gasteiger partial charge in [0.05, 0.1) is 16.4 Å². The number of rotatable bonds is 10. The van der Waals surface area contributed by atoms with E-state index < -0.39 is 5.41 Å². The van der Waals surface area contributed by atoms with Crippen LogP contribution in [0.3, 0.4) is 0 Å². The summed E-state index contributed by atoms with van der Waals surface area (Å²) in [7, 11) is 0. The lowest BCUT2D eigenvalue weighted by molar-refractivity contribution is 0.736. The molecule has 11 aromatic carbocycles. The lowest BCUT2D eigenvalue weighted by atomic mass is 9.63. The number of aromatic nitrogens is 1. The summed E-state index contributed by atoms with van der Waals surface area (Å²) < 4.78 is 2.46. The van der Waals surface area contributed by atoms with E-state index in [1.165, 1.54) is 60.8 Å². The van der Waals surface area contributed by atoms with Gasteiger partial charge in [-0.25, -0.2) is 0 Å². The van der Waals surface area contributed by atoms with Crippen molar-refractivity contribution < 1.29 is 0 Å². The standard InChI is InChI=1S/C74H54N2/c1-53-20-7-2-10-23-60-44-48-68(52-71(60)74(53,63-25-11-4-12-26-63)64-27-13-5-14-28-64)76-72-33-18-17-32-69(72)70-49-45-62(51-73(70)76)59-40-38-58(39-41-59)61-24-19-31-67(50-61)75(65-29-15-6-16-30-65)66-46-42-57(43-47-66)56-36-34-55(35-37-56)54-21-8-3-9-22-54/h2-22,24-52H,1,23H2/b10-2-,20-7-. The topological polar surface area (TPSA) is 8.17 Å². The van der Waals surface area contributed by atoms with Crippen molar-refractivity contribution in [2.45, 2.75) is 11.8 Å². The average Bonchev–Trinajstić information content (AvgIpc) is 3.87. The van der Waals surface area contributed by atoms with Crippen molar-refractivity contribution in [3.63, 3.8) is 0 Å². The van der Waals surface area contributed by atoms with Crippen LogP contribution in [-0.2, 0) is 11.8 Å². The fourth-order valence-electron chi connectivity index (χ4n) is 11.6. The van der Waals surface area contributed by atoms with E-state index in [1.807, 2.05) is 0 Å². The van der Waals surface area contributed by atoms with Gasteiger partial charge in [-0.05, 0) is 139 Å². The van der Waals surface area contributed by atoms with Gasteiger partial charge in [-0.2, -0.15) is 0 Å². The summed E-state index contributed by atoms with van der Waals surface area (Å²) in [5.41, 5.74) is 21.5. The zero-order valence-electron chi connectivity index (χ0n) is 42.2. The Bertz CT molecular complexity index is 4050. The molecule has 0 fully saturated rings. The van der Waals surface area contributed by atoms with Gasteiger partial charge in [0.1, 0.15) is 0 Å². The summed E-state index contributed by atoms with van der Waals surface area (Å²) in [5.74, 6) is 0. The summed E-state index contributed by atoms with van der Waals surface area (Å²) in [4.78, 5) is 2.34. The Balaban J connectivity index is 0.856. The molecular formula is C74H54N2. The quantitative estimate of drug-likeness (QED) is 0.133. The third-order valence-electron chi connectivity index (χ3n) is 15.3. The number of benzene rings is 11. The molecule has 0 saturated carbocycles. The normalized spacial score (nSPS) is 13.8. The monoisotopic (exact) mass is 970 g/mol. The molecule has 0 spiro atoms. The molecule has 2 heteroatoms. The van der Waals surface area contributed by atoms with Crippen molar-refractivity contribution in [1.29, 1.82) is 0 Å². The van der Waals surface area contributed by atoms with Crippen LogP contribution in [0.4, 0.5) is 17.1 Å². The van der Waals surface area contributed by atoms with Gasteiger partial charge in [0, 0.05) is 33.5 Å². The molecule has 0 bridgehead atoms. The Kier molecular flexibility index (Phi) is 12.1. The minimum atomic E-state index is -0.635. The third-order valence-corrected chi connectivity index (χ3v) is 15.3. The van der Waals surface area contributed by atoms with Crippen molar-refractivity contribution in [3.8, 4) is 50.2 Å². The fraction of sp³-hybridized carbons (Fsp3) is 0.0270. The highest BCUT2D eigenvalue weighted by Crippen LogP contribution is 2.48. The smallest absolute Gasteiger partial charge is 0.0699 e. The van der Waals surface area contributed by atoms with Crippen LogP contribution < -0.4 is 4.90 Å². The van der Waals surface area contributed by atoms with Crippen LogP contribution >= 0.6 is 0 Å². The Morgan fingerprint density at radius 1 is 0.355 bits per heavy atom. The van der Waals surface area contributed by atoms with Crippen LogP contribution in [0.5, 0.6) is 0 Å². The first-order chi connectivity index (χ1) is 37.6. The highest BCUT2D eigenvalue weighted by Gasteiger charge is 2.40. The lowest BCUT2D eigenvalue weighted by Gasteiger charge is -2.38. The van der Waals surface area contributed by atoms with Gasteiger partial charge < -0.3 is 9.47 Å². The first-order valence-electron chi connectivity index (χ1n) is 26.2. The lowest BCUT2D eigenvalue weighted by Crippen LogP contribution is -2.32. The van der Waals surface area contributed by atoms with Crippen molar-refractivity contribution >= 4 is 38.9 Å².